The monoisotopic (exact) mass is 340 g/mol. The van der Waals surface area contributed by atoms with Crippen molar-refractivity contribution in [3.8, 4) is 5.75 Å². The summed E-state index contributed by atoms with van der Waals surface area (Å²) in [5, 5.41) is 9.04. The fourth-order valence-corrected chi connectivity index (χ4v) is 2.17. The van der Waals surface area contributed by atoms with E-state index in [0.29, 0.717) is 19.0 Å². The number of carbonyl (C=O) groups is 1. The van der Waals surface area contributed by atoms with Crippen molar-refractivity contribution in [1.29, 1.82) is 0 Å². The molecule has 0 fully saturated rings. The van der Waals surface area contributed by atoms with Gasteiger partial charge in [0.2, 0.25) is 5.91 Å². The molecular formula is C19H24N4O2. The van der Waals surface area contributed by atoms with Crippen LogP contribution in [0, 0.1) is 0 Å². The molecule has 1 amide bonds. The molecule has 0 bridgehead atoms. The van der Waals surface area contributed by atoms with E-state index in [0.717, 1.165) is 16.9 Å². The molecule has 3 N–H and O–H groups in total. The summed E-state index contributed by atoms with van der Waals surface area (Å²) in [6, 6.07) is 17.6. The summed E-state index contributed by atoms with van der Waals surface area (Å²) in [4.78, 5) is 16.0. The minimum Gasteiger partial charge on any atom is -0.497 e. The number of guanidine groups is 1. The van der Waals surface area contributed by atoms with E-state index in [4.69, 9.17) is 4.74 Å². The van der Waals surface area contributed by atoms with Crippen molar-refractivity contribution < 1.29 is 9.53 Å². The van der Waals surface area contributed by atoms with Gasteiger partial charge in [-0.05, 0) is 23.3 Å². The number of nitrogens with one attached hydrogen (secondary N) is 3. The molecule has 0 radical (unpaired) electrons. The van der Waals surface area contributed by atoms with Crippen molar-refractivity contribution in [1.82, 2.24) is 16.0 Å². The van der Waals surface area contributed by atoms with Crippen molar-refractivity contribution in [2.45, 2.75) is 13.1 Å². The Bertz CT molecular complexity index is 684. The fraction of sp³-hybridized carbons (Fsp3) is 0.263. The molecule has 6 nitrogen and oxygen atoms in total. The minimum atomic E-state index is -0.0868. The summed E-state index contributed by atoms with van der Waals surface area (Å²) in [6.07, 6.45) is 0. The largest absolute Gasteiger partial charge is 0.497 e. The van der Waals surface area contributed by atoms with Crippen LogP contribution < -0.4 is 20.7 Å². The fourth-order valence-electron chi connectivity index (χ4n) is 2.17. The van der Waals surface area contributed by atoms with Crippen LogP contribution in [-0.2, 0) is 17.9 Å². The third kappa shape index (κ3) is 6.55. The van der Waals surface area contributed by atoms with E-state index in [1.165, 1.54) is 0 Å². The van der Waals surface area contributed by atoms with Gasteiger partial charge in [0, 0.05) is 20.1 Å². The van der Waals surface area contributed by atoms with Gasteiger partial charge in [-0.25, -0.2) is 0 Å². The topological polar surface area (TPSA) is 74.8 Å². The number of hydrogen-bond donors (Lipinski definition) is 3. The maximum atomic E-state index is 11.9. The van der Waals surface area contributed by atoms with Crippen LogP contribution >= 0.6 is 0 Å². The zero-order chi connectivity index (χ0) is 17.9. The van der Waals surface area contributed by atoms with Crippen LogP contribution in [0.4, 0.5) is 0 Å². The summed E-state index contributed by atoms with van der Waals surface area (Å²) >= 11 is 0. The molecule has 2 aromatic carbocycles. The minimum absolute atomic E-state index is 0.0868. The number of nitrogens with zero attached hydrogens (tertiary/aromatic N) is 1. The van der Waals surface area contributed by atoms with Crippen LogP contribution in [0.15, 0.2) is 59.6 Å². The third-order valence-corrected chi connectivity index (χ3v) is 3.59. The molecule has 2 rings (SSSR count). The molecule has 6 heteroatoms. The number of amides is 1. The summed E-state index contributed by atoms with van der Waals surface area (Å²) in [5.41, 5.74) is 2.16. The second kappa shape index (κ2) is 9.97. The predicted octanol–water partition coefficient (Wildman–Crippen LogP) is 1.68. The highest BCUT2D eigenvalue weighted by Gasteiger charge is 2.04. The molecule has 0 heterocycles. The Morgan fingerprint density at radius 1 is 0.920 bits per heavy atom. The normalized spacial score (nSPS) is 10.9. The molecule has 0 atom stereocenters. The first kappa shape index (κ1) is 18.3. The molecule has 0 unspecified atom stereocenters. The van der Waals surface area contributed by atoms with Crippen molar-refractivity contribution >= 4 is 11.9 Å². The number of ether oxygens (including phenoxy) is 1. The molecule has 2 aromatic rings. The molecule has 132 valence electrons. The van der Waals surface area contributed by atoms with E-state index in [-0.39, 0.29) is 12.5 Å². The Morgan fingerprint density at radius 2 is 1.56 bits per heavy atom. The van der Waals surface area contributed by atoms with Crippen molar-refractivity contribution in [2.75, 3.05) is 20.7 Å². The smallest absolute Gasteiger partial charge is 0.239 e. The van der Waals surface area contributed by atoms with Gasteiger partial charge >= 0.3 is 0 Å². The molecule has 0 saturated heterocycles. The highest BCUT2D eigenvalue weighted by Crippen LogP contribution is 2.10. The maximum Gasteiger partial charge on any atom is 0.239 e. The van der Waals surface area contributed by atoms with E-state index in [9.17, 15) is 4.79 Å². The van der Waals surface area contributed by atoms with Crippen LogP contribution in [0.5, 0.6) is 5.75 Å². The van der Waals surface area contributed by atoms with Gasteiger partial charge in [-0.2, -0.15) is 0 Å². The van der Waals surface area contributed by atoms with Gasteiger partial charge in [0.15, 0.2) is 5.96 Å². The second-order valence-electron chi connectivity index (χ2n) is 5.39. The van der Waals surface area contributed by atoms with Gasteiger partial charge in [-0.3, -0.25) is 9.79 Å². The first-order valence-electron chi connectivity index (χ1n) is 8.09. The predicted molar refractivity (Wildman–Crippen MR) is 99.5 cm³/mol. The standard InChI is InChI=1S/C19H24N4O2/c1-20-19(22-13-16-8-10-17(25-2)11-9-16)23-14-18(24)21-12-15-6-4-3-5-7-15/h3-11H,12-14H2,1-2H3,(H,21,24)(H2,20,22,23). The number of carbonyl (C=O) groups excluding carboxylic acids is 1. The molecule has 25 heavy (non-hydrogen) atoms. The zero-order valence-electron chi connectivity index (χ0n) is 14.6. The third-order valence-electron chi connectivity index (χ3n) is 3.59. The van der Waals surface area contributed by atoms with Crippen LogP contribution in [0.3, 0.4) is 0 Å². The first-order chi connectivity index (χ1) is 12.2. The number of benzene rings is 2. The molecule has 0 spiro atoms. The van der Waals surface area contributed by atoms with E-state index in [1.54, 1.807) is 14.2 Å². The second-order valence-corrected chi connectivity index (χ2v) is 5.39. The van der Waals surface area contributed by atoms with E-state index in [2.05, 4.69) is 20.9 Å². The Morgan fingerprint density at radius 3 is 2.20 bits per heavy atom. The number of methoxy groups -OCH3 is 1. The van der Waals surface area contributed by atoms with E-state index < -0.39 is 0 Å². The maximum absolute atomic E-state index is 11.9. The lowest BCUT2D eigenvalue weighted by Gasteiger charge is -2.12. The molecule has 0 aliphatic carbocycles. The average Bonchev–Trinajstić information content (AvgIpc) is 2.67. The van der Waals surface area contributed by atoms with Crippen molar-refractivity contribution in [3.05, 3.63) is 65.7 Å². The summed E-state index contributed by atoms with van der Waals surface area (Å²) < 4.78 is 5.13. The first-order valence-corrected chi connectivity index (χ1v) is 8.09. The highest BCUT2D eigenvalue weighted by atomic mass is 16.5. The Labute approximate surface area is 148 Å². The lowest BCUT2D eigenvalue weighted by atomic mass is 10.2. The quantitative estimate of drug-likeness (QED) is 0.529. The lowest BCUT2D eigenvalue weighted by Crippen LogP contribution is -2.42. The molecular weight excluding hydrogens is 316 g/mol. The van der Waals surface area contributed by atoms with E-state index >= 15 is 0 Å². The molecule has 0 aromatic heterocycles. The van der Waals surface area contributed by atoms with Crippen LogP contribution in [0.2, 0.25) is 0 Å². The van der Waals surface area contributed by atoms with Crippen LogP contribution in [0.1, 0.15) is 11.1 Å². The lowest BCUT2D eigenvalue weighted by molar-refractivity contribution is -0.120. The molecule has 0 aliphatic heterocycles. The van der Waals surface area contributed by atoms with Gasteiger partial charge in [0.1, 0.15) is 5.75 Å². The van der Waals surface area contributed by atoms with Gasteiger partial charge in [0.05, 0.1) is 13.7 Å². The van der Waals surface area contributed by atoms with Gasteiger partial charge < -0.3 is 20.7 Å². The number of rotatable bonds is 7. The zero-order valence-corrected chi connectivity index (χ0v) is 14.6. The summed E-state index contributed by atoms with van der Waals surface area (Å²) in [6.45, 7) is 1.28. The van der Waals surface area contributed by atoms with Crippen LogP contribution in [0.25, 0.3) is 0 Å². The Balaban J connectivity index is 1.71. The number of hydrogen-bond acceptors (Lipinski definition) is 3. The number of aliphatic imine (C=N–C) groups is 1. The molecule has 0 aliphatic rings. The highest BCUT2D eigenvalue weighted by molar-refractivity contribution is 5.86. The van der Waals surface area contributed by atoms with Crippen LogP contribution in [-0.4, -0.2) is 32.6 Å². The molecule has 0 saturated carbocycles. The Kier molecular flexibility index (Phi) is 7.31. The summed E-state index contributed by atoms with van der Waals surface area (Å²) in [7, 11) is 3.31. The SMILES string of the molecule is CN=C(NCC(=O)NCc1ccccc1)NCc1ccc(OC)cc1. The Hall–Kier alpha value is -3.02. The van der Waals surface area contributed by atoms with Gasteiger partial charge in [-0.15, -0.1) is 0 Å². The van der Waals surface area contributed by atoms with Crippen molar-refractivity contribution in [3.63, 3.8) is 0 Å². The average molecular weight is 340 g/mol. The van der Waals surface area contributed by atoms with Gasteiger partial charge in [0.25, 0.3) is 0 Å². The van der Waals surface area contributed by atoms with Crippen molar-refractivity contribution in [2.24, 2.45) is 4.99 Å². The van der Waals surface area contributed by atoms with E-state index in [1.807, 2.05) is 54.6 Å². The van der Waals surface area contributed by atoms with Gasteiger partial charge in [-0.1, -0.05) is 42.5 Å². The summed E-state index contributed by atoms with van der Waals surface area (Å²) in [5.74, 6) is 1.31.